The summed E-state index contributed by atoms with van der Waals surface area (Å²) in [7, 11) is 0. The first-order valence-electron chi connectivity index (χ1n) is 7.08. The molecule has 1 rings (SSSR count). The predicted octanol–water partition coefficient (Wildman–Crippen LogP) is 3.82. The summed E-state index contributed by atoms with van der Waals surface area (Å²) in [6.07, 6.45) is 0. The third kappa shape index (κ3) is 4.88. The van der Waals surface area contributed by atoms with Gasteiger partial charge in [0.1, 0.15) is 0 Å². The quantitative estimate of drug-likeness (QED) is 0.625. The van der Waals surface area contributed by atoms with Gasteiger partial charge in [-0.25, -0.2) is 4.79 Å². The molecule has 1 aromatic rings. The molecule has 4 nitrogen and oxygen atoms in total. The van der Waals surface area contributed by atoms with E-state index < -0.39 is 17.4 Å². The van der Waals surface area contributed by atoms with Gasteiger partial charge in [0.2, 0.25) is 6.79 Å². The van der Waals surface area contributed by atoms with Gasteiger partial charge in [0.25, 0.3) is 0 Å². The van der Waals surface area contributed by atoms with Crippen LogP contribution in [0.2, 0.25) is 0 Å². The zero-order valence-electron chi connectivity index (χ0n) is 13.6. The van der Waals surface area contributed by atoms with Crippen LogP contribution < -0.4 is 0 Å². The molecule has 0 radical (unpaired) electrons. The number of ether oxygens (including phenoxy) is 2. The Labute approximate surface area is 126 Å². The van der Waals surface area contributed by atoms with Crippen LogP contribution in [0.4, 0.5) is 0 Å². The highest BCUT2D eigenvalue weighted by molar-refractivity contribution is 5.89. The molecule has 0 atom stereocenters. The standard InChI is InChI=1S/C17H24O4/c1-11(2)14-8-7-13(9-12(14)3)15(18)20-10-21-16(19)17(4,5)6/h7-9,11H,10H2,1-6H3. The average Bonchev–Trinajstić information content (AvgIpc) is 2.36. The number of aryl methyl sites for hydroxylation is 1. The minimum atomic E-state index is -0.609. The van der Waals surface area contributed by atoms with E-state index in [-0.39, 0.29) is 6.79 Å². The van der Waals surface area contributed by atoms with E-state index in [4.69, 9.17) is 9.47 Å². The normalized spacial score (nSPS) is 11.4. The highest BCUT2D eigenvalue weighted by Gasteiger charge is 2.23. The monoisotopic (exact) mass is 292 g/mol. The number of carbonyl (C=O) groups is 2. The Morgan fingerprint density at radius 2 is 1.76 bits per heavy atom. The summed E-state index contributed by atoms with van der Waals surface area (Å²) in [6, 6.07) is 5.46. The summed E-state index contributed by atoms with van der Waals surface area (Å²) in [5.41, 5.74) is 2.10. The fraction of sp³-hybridized carbons (Fsp3) is 0.529. The van der Waals surface area contributed by atoms with Gasteiger partial charge in [0.05, 0.1) is 11.0 Å². The van der Waals surface area contributed by atoms with E-state index in [1.807, 2.05) is 13.0 Å². The first-order valence-corrected chi connectivity index (χ1v) is 7.08. The maximum atomic E-state index is 11.9. The van der Waals surface area contributed by atoms with Gasteiger partial charge < -0.3 is 9.47 Å². The maximum absolute atomic E-state index is 11.9. The van der Waals surface area contributed by atoms with Gasteiger partial charge >= 0.3 is 11.9 Å². The number of hydrogen-bond acceptors (Lipinski definition) is 4. The second kappa shape index (κ2) is 6.74. The Balaban J connectivity index is 2.61. The molecule has 116 valence electrons. The van der Waals surface area contributed by atoms with Gasteiger partial charge in [-0.3, -0.25) is 4.79 Å². The Morgan fingerprint density at radius 1 is 1.14 bits per heavy atom. The van der Waals surface area contributed by atoms with Gasteiger partial charge in [0.15, 0.2) is 0 Å². The smallest absolute Gasteiger partial charge is 0.341 e. The highest BCUT2D eigenvalue weighted by atomic mass is 16.7. The topological polar surface area (TPSA) is 52.6 Å². The fourth-order valence-corrected chi connectivity index (χ4v) is 1.89. The van der Waals surface area contributed by atoms with Crippen LogP contribution in [0, 0.1) is 12.3 Å². The molecular weight excluding hydrogens is 268 g/mol. The average molecular weight is 292 g/mol. The molecule has 0 fully saturated rings. The molecule has 0 bridgehead atoms. The van der Waals surface area contributed by atoms with E-state index >= 15 is 0 Å². The van der Waals surface area contributed by atoms with Crippen molar-refractivity contribution in [1.82, 2.24) is 0 Å². The molecule has 0 aliphatic heterocycles. The summed E-state index contributed by atoms with van der Waals surface area (Å²) in [5.74, 6) is -0.487. The number of carbonyl (C=O) groups excluding carboxylic acids is 2. The lowest BCUT2D eigenvalue weighted by atomic mass is 9.96. The molecular formula is C17H24O4. The maximum Gasteiger partial charge on any atom is 0.341 e. The number of esters is 2. The van der Waals surface area contributed by atoms with Crippen molar-refractivity contribution in [1.29, 1.82) is 0 Å². The van der Waals surface area contributed by atoms with Gasteiger partial charge in [0, 0.05) is 0 Å². The van der Waals surface area contributed by atoms with Gasteiger partial charge in [-0.1, -0.05) is 19.9 Å². The van der Waals surface area contributed by atoms with Crippen molar-refractivity contribution >= 4 is 11.9 Å². The molecule has 0 aromatic heterocycles. The minimum absolute atomic E-state index is 0.361. The summed E-state index contributed by atoms with van der Waals surface area (Å²) in [4.78, 5) is 23.4. The van der Waals surface area contributed by atoms with Crippen molar-refractivity contribution in [3.63, 3.8) is 0 Å². The van der Waals surface area contributed by atoms with Gasteiger partial charge in [-0.15, -0.1) is 0 Å². The third-order valence-corrected chi connectivity index (χ3v) is 3.12. The molecule has 21 heavy (non-hydrogen) atoms. The lowest BCUT2D eigenvalue weighted by molar-refractivity contribution is -0.161. The van der Waals surface area contributed by atoms with Crippen LogP contribution in [0.3, 0.4) is 0 Å². The zero-order chi connectivity index (χ0) is 16.2. The second-order valence-electron chi connectivity index (χ2n) is 6.46. The van der Waals surface area contributed by atoms with Crippen molar-refractivity contribution < 1.29 is 19.1 Å². The van der Waals surface area contributed by atoms with Crippen molar-refractivity contribution in [3.8, 4) is 0 Å². The summed E-state index contributed by atoms with van der Waals surface area (Å²) in [6.45, 7) is 11.0. The van der Waals surface area contributed by atoms with E-state index in [0.717, 1.165) is 5.56 Å². The fourth-order valence-electron chi connectivity index (χ4n) is 1.89. The summed E-state index contributed by atoms with van der Waals surface area (Å²) >= 11 is 0. The van der Waals surface area contributed by atoms with Crippen molar-refractivity contribution in [3.05, 3.63) is 34.9 Å². The molecule has 0 unspecified atom stereocenters. The molecule has 0 aliphatic carbocycles. The molecule has 1 aromatic carbocycles. The van der Waals surface area contributed by atoms with Crippen LogP contribution in [0.5, 0.6) is 0 Å². The van der Waals surface area contributed by atoms with Crippen LogP contribution in [-0.2, 0) is 14.3 Å². The Morgan fingerprint density at radius 3 is 2.24 bits per heavy atom. The Kier molecular flexibility index (Phi) is 5.53. The molecule has 0 aliphatic rings. The van der Waals surface area contributed by atoms with Crippen LogP contribution in [0.15, 0.2) is 18.2 Å². The summed E-state index contributed by atoms with van der Waals surface area (Å²) < 4.78 is 9.88. The molecule has 0 N–H and O–H groups in total. The Hall–Kier alpha value is -1.84. The van der Waals surface area contributed by atoms with E-state index in [1.165, 1.54) is 5.56 Å². The SMILES string of the molecule is Cc1cc(C(=O)OCOC(=O)C(C)(C)C)ccc1C(C)C. The largest absolute Gasteiger partial charge is 0.427 e. The molecule has 0 saturated heterocycles. The third-order valence-electron chi connectivity index (χ3n) is 3.12. The molecule has 0 spiro atoms. The van der Waals surface area contributed by atoms with Crippen molar-refractivity contribution in [2.24, 2.45) is 5.41 Å². The minimum Gasteiger partial charge on any atom is -0.427 e. The van der Waals surface area contributed by atoms with Gasteiger partial charge in [-0.05, 0) is 56.9 Å². The lowest BCUT2D eigenvalue weighted by Crippen LogP contribution is -2.24. The van der Waals surface area contributed by atoms with E-state index in [2.05, 4.69) is 13.8 Å². The lowest BCUT2D eigenvalue weighted by Gasteiger charge is -2.16. The zero-order valence-corrected chi connectivity index (χ0v) is 13.6. The summed E-state index contributed by atoms with van der Waals surface area (Å²) in [5, 5.41) is 0. The first-order chi connectivity index (χ1) is 9.62. The van der Waals surface area contributed by atoms with Crippen molar-refractivity contribution in [2.75, 3.05) is 6.79 Å². The number of hydrogen-bond donors (Lipinski definition) is 0. The van der Waals surface area contributed by atoms with E-state index in [1.54, 1.807) is 32.9 Å². The predicted molar refractivity (Wildman–Crippen MR) is 81.1 cm³/mol. The molecule has 0 saturated carbocycles. The van der Waals surface area contributed by atoms with Crippen LogP contribution >= 0.6 is 0 Å². The Bertz CT molecular complexity index is 524. The van der Waals surface area contributed by atoms with Crippen LogP contribution in [-0.4, -0.2) is 18.7 Å². The van der Waals surface area contributed by atoms with Crippen molar-refractivity contribution in [2.45, 2.75) is 47.5 Å². The number of benzene rings is 1. The highest BCUT2D eigenvalue weighted by Crippen LogP contribution is 2.20. The molecule has 0 amide bonds. The van der Waals surface area contributed by atoms with Gasteiger partial charge in [-0.2, -0.15) is 0 Å². The van der Waals surface area contributed by atoms with E-state index in [9.17, 15) is 9.59 Å². The van der Waals surface area contributed by atoms with Crippen LogP contribution in [0.25, 0.3) is 0 Å². The molecule has 4 heteroatoms. The van der Waals surface area contributed by atoms with Crippen LogP contribution in [0.1, 0.15) is 62.0 Å². The molecule has 0 heterocycles. The second-order valence-corrected chi connectivity index (χ2v) is 6.46. The van der Waals surface area contributed by atoms with E-state index in [0.29, 0.717) is 11.5 Å². The number of rotatable bonds is 4. The first kappa shape index (κ1) is 17.2.